The fourth-order valence-corrected chi connectivity index (χ4v) is 1.78. The van der Waals surface area contributed by atoms with Crippen LogP contribution in [0.2, 0.25) is 0 Å². The predicted molar refractivity (Wildman–Crippen MR) is 72.6 cm³/mol. The zero-order valence-electron chi connectivity index (χ0n) is 11.8. The number of hydrogen-bond donors (Lipinski definition) is 1. The van der Waals surface area contributed by atoms with E-state index in [1.165, 1.54) is 4.90 Å². The zero-order valence-corrected chi connectivity index (χ0v) is 11.8. The number of amides is 1. The van der Waals surface area contributed by atoms with Crippen molar-refractivity contribution in [2.45, 2.75) is 26.8 Å². The van der Waals surface area contributed by atoms with Crippen LogP contribution in [0.3, 0.4) is 0 Å². The van der Waals surface area contributed by atoms with Gasteiger partial charge in [-0.15, -0.1) is 0 Å². The Kier molecular flexibility index (Phi) is 4.97. The van der Waals surface area contributed by atoms with Gasteiger partial charge in [0.2, 0.25) is 0 Å². The molecule has 0 spiro atoms. The molecule has 1 rings (SSSR count). The highest BCUT2D eigenvalue weighted by molar-refractivity contribution is 5.95. The van der Waals surface area contributed by atoms with Crippen LogP contribution in [0, 0.1) is 0 Å². The number of nitrogen functional groups attached to an aromatic ring is 1. The van der Waals surface area contributed by atoms with Gasteiger partial charge in [-0.1, -0.05) is 0 Å². The SMILES string of the molecule is CCOC(=O)CN(C(=O)c1cc(N)cn1C)C(C)C. The third-order valence-electron chi connectivity index (χ3n) is 2.73. The largest absolute Gasteiger partial charge is 0.465 e. The molecule has 0 saturated carbocycles. The topological polar surface area (TPSA) is 77.6 Å². The smallest absolute Gasteiger partial charge is 0.325 e. The highest BCUT2D eigenvalue weighted by Gasteiger charge is 2.24. The summed E-state index contributed by atoms with van der Waals surface area (Å²) in [7, 11) is 1.74. The van der Waals surface area contributed by atoms with Crippen LogP contribution in [0.1, 0.15) is 31.3 Å². The minimum Gasteiger partial charge on any atom is -0.465 e. The van der Waals surface area contributed by atoms with E-state index >= 15 is 0 Å². The van der Waals surface area contributed by atoms with Crippen LogP contribution in [0.4, 0.5) is 5.69 Å². The van der Waals surface area contributed by atoms with Crippen LogP contribution in [0.5, 0.6) is 0 Å². The van der Waals surface area contributed by atoms with Gasteiger partial charge in [0.15, 0.2) is 0 Å². The molecular formula is C13H21N3O3. The number of anilines is 1. The molecule has 0 aromatic carbocycles. The molecular weight excluding hydrogens is 246 g/mol. The van der Waals surface area contributed by atoms with Crippen LogP contribution in [-0.2, 0) is 16.6 Å². The van der Waals surface area contributed by atoms with Crippen LogP contribution in [0.25, 0.3) is 0 Å². The number of esters is 1. The molecule has 0 saturated heterocycles. The van der Waals surface area contributed by atoms with Crippen LogP contribution in [0.15, 0.2) is 12.3 Å². The first-order valence-corrected chi connectivity index (χ1v) is 6.25. The summed E-state index contributed by atoms with van der Waals surface area (Å²) in [4.78, 5) is 25.4. The van der Waals surface area contributed by atoms with Crippen LogP contribution < -0.4 is 5.73 Å². The van der Waals surface area contributed by atoms with Gasteiger partial charge in [-0.25, -0.2) is 0 Å². The average molecular weight is 267 g/mol. The molecule has 2 N–H and O–H groups in total. The van der Waals surface area contributed by atoms with Crippen molar-refractivity contribution in [3.05, 3.63) is 18.0 Å². The fraction of sp³-hybridized carbons (Fsp3) is 0.538. The van der Waals surface area contributed by atoms with E-state index in [0.717, 1.165) is 0 Å². The summed E-state index contributed by atoms with van der Waals surface area (Å²) in [5.74, 6) is -0.644. The number of hydrogen-bond acceptors (Lipinski definition) is 4. The highest BCUT2D eigenvalue weighted by atomic mass is 16.5. The van der Waals surface area contributed by atoms with E-state index in [9.17, 15) is 9.59 Å². The van der Waals surface area contributed by atoms with E-state index in [0.29, 0.717) is 18.0 Å². The monoisotopic (exact) mass is 267 g/mol. The summed E-state index contributed by atoms with van der Waals surface area (Å²) < 4.78 is 6.53. The van der Waals surface area contributed by atoms with E-state index in [1.807, 2.05) is 13.8 Å². The molecule has 0 radical (unpaired) electrons. The Morgan fingerprint density at radius 2 is 2.11 bits per heavy atom. The Morgan fingerprint density at radius 3 is 2.53 bits per heavy atom. The Bertz CT molecular complexity index is 466. The number of carbonyl (C=O) groups excluding carboxylic acids is 2. The summed E-state index contributed by atoms with van der Waals surface area (Å²) in [6, 6.07) is 1.50. The number of aromatic nitrogens is 1. The van der Waals surface area contributed by atoms with Crippen molar-refractivity contribution in [1.29, 1.82) is 0 Å². The standard InChI is InChI=1S/C13H21N3O3/c1-5-19-12(17)8-16(9(2)3)13(18)11-6-10(14)7-15(11)4/h6-7,9H,5,8,14H2,1-4H3. The maximum atomic E-state index is 12.4. The summed E-state index contributed by atoms with van der Waals surface area (Å²) in [6.45, 7) is 5.68. The first-order chi connectivity index (χ1) is 8.86. The van der Waals surface area contributed by atoms with Crippen molar-refractivity contribution in [3.63, 3.8) is 0 Å². The van der Waals surface area contributed by atoms with Gasteiger partial charge < -0.3 is 19.9 Å². The van der Waals surface area contributed by atoms with E-state index in [4.69, 9.17) is 10.5 Å². The molecule has 6 nitrogen and oxygen atoms in total. The molecule has 0 atom stereocenters. The minimum atomic E-state index is -0.410. The molecule has 0 unspecified atom stereocenters. The fourth-order valence-electron chi connectivity index (χ4n) is 1.78. The molecule has 1 aromatic heterocycles. The summed E-state index contributed by atoms with van der Waals surface area (Å²) in [6.07, 6.45) is 1.66. The van der Waals surface area contributed by atoms with E-state index in [1.54, 1.807) is 30.8 Å². The summed E-state index contributed by atoms with van der Waals surface area (Å²) >= 11 is 0. The lowest BCUT2D eigenvalue weighted by molar-refractivity contribution is -0.144. The van der Waals surface area contributed by atoms with E-state index in [-0.39, 0.29) is 18.5 Å². The van der Waals surface area contributed by atoms with Crippen LogP contribution in [-0.4, -0.2) is 40.5 Å². The third-order valence-corrected chi connectivity index (χ3v) is 2.73. The van der Waals surface area contributed by atoms with E-state index in [2.05, 4.69) is 0 Å². The van der Waals surface area contributed by atoms with Crippen molar-refractivity contribution in [2.75, 3.05) is 18.9 Å². The number of ether oxygens (including phenoxy) is 1. The van der Waals surface area contributed by atoms with Crippen molar-refractivity contribution in [3.8, 4) is 0 Å². The maximum absolute atomic E-state index is 12.4. The lowest BCUT2D eigenvalue weighted by Crippen LogP contribution is -2.41. The minimum absolute atomic E-state index is 0.0601. The Hall–Kier alpha value is -1.98. The summed E-state index contributed by atoms with van der Waals surface area (Å²) in [5.41, 5.74) is 6.63. The molecule has 1 heterocycles. The predicted octanol–water partition coefficient (Wildman–Crippen LogP) is 1.02. The van der Waals surface area contributed by atoms with Crippen molar-refractivity contribution >= 4 is 17.6 Å². The molecule has 1 aromatic rings. The Morgan fingerprint density at radius 1 is 1.47 bits per heavy atom. The highest BCUT2D eigenvalue weighted by Crippen LogP contribution is 2.13. The Labute approximate surface area is 113 Å². The Balaban J connectivity index is 2.90. The first-order valence-electron chi connectivity index (χ1n) is 6.25. The zero-order chi connectivity index (χ0) is 14.6. The normalized spacial score (nSPS) is 10.6. The molecule has 0 aliphatic carbocycles. The van der Waals surface area contributed by atoms with Crippen molar-refractivity contribution < 1.29 is 14.3 Å². The van der Waals surface area contributed by atoms with Gasteiger partial charge in [0.1, 0.15) is 12.2 Å². The molecule has 6 heteroatoms. The van der Waals surface area contributed by atoms with Gasteiger partial charge in [0, 0.05) is 19.3 Å². The second-order valence-corrected chi connectivity index (χ2v) is 4.60. The molecule has 0 fully saturated rings. The number of nitrogens with zero attached hydrogens (tertiary/aromatic N) is 2. The molecule has 0 bridgehead atoms. The van der Waals surface area contributed by atoms with Gasteiger partial charge in [-0.2, -0.15) is 0 Å². The number of nitrogens with two attached hydrogens (primary N) is 1. The molecule has 0 aliphatic rings. The second-order valence-electron chi connectivity index (χ2n) is 4.60. The molecule has 106 valence electrons. The number of rotatable bonds is 5. The second kappa shape index (κ2) is 6.26. The molecule has 0 aliphatic heterocycles. The van der Waals surface area contributed by atoms with Gasteiger partial charge in [0.25, 0.3) is 5.91 Å². The molecule has 19 heavy (non-hydrogen) atoms. The molecule has 1 amide bonds. The van der Waals surface area contributed by atoms with Crippen LogP contribution >= 0.6 is 0 Å². The lowest BCUT2D eigenvalue weighted by atomic mass is 10.2. The number of carbonyl (C=O) groups is 2. The quantitative estimate of drug-likeness (QED) is 0.808. The van der Waals surface area contributed by atoms with Gasteiger partial charge in [-0.05, 0) is 26.8 Å². The van der Waals surface area contributed by atoms with Gasteiger partial charge in [0.05, 0.1) is 12.3 Å². The lowest BCUT2D eigenvalue weighted by Gasteiger charge is -2.25. The average Bonchev–Trinajstić information content (AvgIpc) is 2.64. The van der Waals surface area contributed by atoms with Crippen molar-refractivity contribution in [2.24, 2.45) is 7.05 Å². The maximum Gasteiger partial charge on any atom is 0.325 e. The van der Waals surface area contributed by atoms with Gasteiger partial charge >= 0.3 is 5.97 Å². The summed E-state index contributed by atoms with van der Waals surface area (Å²) in [5, 5.41) is 0. The third kappa shape index (κ3) is 3.74. The van der Waals surface area contributed by atoms with E-state index < -0.39 is 5.97 Å². The number of aryl methyl sites for hydroxylation is 1. The van der Waals surface area contributed by atoms with Gasteiger partial charge in [-0.3, -0.25) is 9.59 Å². The van der Waals surface area contributed by atoms with Crippen molar-refractivity contribution in [1.82, 2.24) is 9.47 Å². The first kappa shape index (κ1) is 15.1.